The Morgan fingerprint density at radius 1 is 1.28 bits per heavy atom. The highest BCUT2D eigenvalue weighted by molar-refractivity contribution is 5.78. The number of furan rings is 1. The maximum Gasteiger partial charge on any atom is 0.490 e. The molecule has 0 aromatic carbocycles. The van der Waals surface area contributed by atoms with Crippen molar-refractivity contribution in [3.8, 4) is 0 Å². The molecule has 0 unspecified atom stereocenters. The van der Waals surface area contributed by atoms with E-state index in [1.54, 1.807) is 18.5 Å². The molecule has 2 aliphatic heterocycles. The summed E-state index contributed by atoms with van der Waals surface area (Å²) in [6, 6.07) is 9.44. The highest BCUT2D eigenvalue weighted by Gasteiger charge is 2.47. The second-order valence-electron chi connectivity index (χ2n) is 7.58. The van der Waals surface area contributed by atoms with Crippen LogP contribution in [0.3, 0.4) is 0 Å². The van der Waals surface area contributed by atoms with E-state index in [0.717, 1.165) is 25.1 Å². The van der Waals surface area contributed by atoms with Gasteiger partial charge in [0.1, 0.15) is 5.76 Å². The predicted octanol–water partition coefficient (Wildman–Crippen LogP) is 2.83. The maximum absolute atomic E-state index is 12.4. The zero-order chi connectivity index (χ0) is 23.2. The molecule has 2 fully saturated rings. The first-order valence-corrected chi connectivity index (χ1v) is 9.93. The first-order chi connectivity index (χ1) is 15.2. The van der Waals surface area contributed by atoms with E-state index >= 15 is 0 Å². The molecule has 8 nitrogen and oxygen atoms in total. The fourth-order valence-corrected chi connectivity index (χ4v) is 3.61. The molecule has 4 heterocycles. The molecule has 32 heavy (non-hydrogen) atoms. The Kier molecular flexibility index (Phi) is 7.52. The van der Waals surface area contributed by atoms with Gasteiger partial charge in [-0.3, -0.25) is 9.78 Å². The lowest BCUT2D eigenvalue weighted by atomic mass is 9.98. The van der Waals surface area contributed by atoms with Gasteiger partial charge in [0, 0.05) is 25.7 Å². The number of alkyl halides is 3. The standard InChI is InChI=1S/C19H22N2O4.C2HF3O2/c22-18(10-16-5-3-9-23-16)21-8-6-19(14-21)11-17(13-25-19)24-12-15-4-1-2-7-20-15;3-2(4,5)1(6)7/h1-5,7,9,17H,6,8,10-14H2;(H,6,7)/t17-,19-;/m0./s1. The van der Waals surface area contributed by atoms with E-state index in [1.807, 2.05) is 29.2 Å². The van der Waals surface area contributed by atoms with Gasteiger partial charge in [-0.2, -0.15) is 13.2 Å². The quantitative estimate of drug-likeness (QED) is 0.738. The molecule has 0 radical (unpaired) electrons. The van der Waals surface area contributed by atoms with E-state index in [4.69, 9.17) is 23.8 Å². The van der Waals surface area contributed by atoms with Crippen molar-refractivity contribution in [1.82, 2.24) is 9.88 Å². The van der Waals surface area contributed by atoms with Crippen LogP contribution in [0.5, 0.6) is 0 Å². The first-order valence-electron chi connectivity index (χ1n) is 9.93. The zero-order valence-corrected chi connectivity index (χ0v) is 17.1. The molecule has 0 bridgehead atoms. The Morgan fingerprint density at radius 3 is 2.69 bits per heavy atom. The Labute approximate surface area is 181 Å². The van der Waals surface area contributed by atoms with Crippen LogP contribution in [0.15, 0.2) is 47.2 Å². The van der Waals surface area contributed by atoms with Gasteiger partial charge >= 0.3 is 12.1 Å². The number of carbonyl (C=O) groups is 2. The summed E-state index contributed by atoms with van der Waals surface area (Å²) in [4.78, 5) is 27.5. The number of aliphatic carboxylic acids is 1. The van der Waals surface area contributed by atoms with Crippen LogP contribution in [0.1, 0.15) is 24.3 Å². The van der Waals surface area contributed by atoms with Gasteiger partial charge in [-0.15, -0.1) is 0 Å². The van der Waals surface area contributed by atoms with Crippen LogP contribution >= 0.6 is 0 Å². The molecule has 4 rings (SSSR count). The average Bonchev–Trinajstić information content (AvgIpc) is 3.50. The summed E-state index contributed by atoms with van der Waals surface area (Å²) in [5.74, 6) is -1.96. The van der Waals surface area contributed by atoms with E-state index in [2.05, 4.69) is 4.98 Å². The van der Waals surface area contributed by atoms with Crippen molar-refractivity contribution in [3.63, 3.8) is 0 Å². The third kappa shape index (κ3) is 6.54. The normalized spacial score (nSPS) is 22.6. The van der Waals surface area contributed by atoms with Crippen molar-refractivity contribution in [1.29, 1.82) is 0 Å². The largest absolute Gasteiger partial charge is 0.490 e. The smallest absolute Gasteiger partial charge is 0.475 e. The zero-order valence-electron chi connectivity index (χ0n) is 17.1. The monoisotopic (exact) mass is 456 g/mol. The molecule has 0 saturated carbocycles. The van der Waals surface area contributed by atoms with E-state index in [9.17, 15) is 18.0 Å². The first kappa shape index (κ1) is 23.7. The Balaban J connectivity index is 0.000000360. The molecule has 11 heteroatoms. The van der Waals surface area contributed by atoms with Gasteiger partial charge in [-0.05, 0) is 30.7 Å². The molecule has 2 aromatic rings. The maximum atomic E-state index is 12.4. The minimum Gasteiger partial charge on any atom is -0.475 e. The van der Waals surface area contributed by atoms with Crippen molar-refractivity contribution in [2.24, 2.45) is 0 Å². The Morgan fingerprint density at radius 2 is 2.06 bits per heavy atom. The number of pyridine rings is 1. The summed E-state index contributed by atoms with van der Waals surface area (Å²) >= 11 is 0. The van der Waals surface area contributed by atoms with E-state index in [0.29, 0.717) is 31.9 Å². The minimum atomic E-state index is -5.08. The molecule has 174 valence electrons. The second kappa shape index (κ2) is 10.1. The molecule has 1 amide bonds. The summed E-state index contributed by atoms with van der Waals surface area (Å²) in [6.45, 7) is 2.43. The van der Waals surface area contributed by atoms with Gasteiger partial charge in [0.05, 0.1) is 43.3 Å². The average molecular weight is 456 g/mol. The number of hydrogen-bond donors (Lipinski definition) is 1. The van der Waals surface area contributed by atoms with Crippen molar-refractivity contribution in [2.45, 2.75) is 43.8 Å². The van der Waals surface area contributed by atoms with E-state index in [-0.39, 0.29) is 17.6 Å². The van der Waals surface area contributed by atoms with Crippen LogP contribution in [-0.2, 0) is 32.1 Å². The van der Waals surface area contributed by atoms with Crippen LogP contribution in [-0.4, -0.2) is 64.4 Å². The van der Waals surface area contributed by atoms with Gasteiger partial charge in [-0.25, -0.2) is 4.79 Å². The lowest BCUT2D eigenvalue weighted by molar-refractivity contribution is -0.192. The van der Waals surface area contributed by atoms with Crippen molar-refractivity contribution >= 4 is 11.9 Å². The number of ether oxygens (including phenoxy) is 2. The third-order valence-corrected chi connectivity index (χ3v) is 5.19. The van der Waals surface area contributed by atoms with Crippen LogP contribution in [0, 0.1) is 0 Å². The van der Waals surface area contributed by atoms with Gasteiger partial charge in [0.25, 0.3) is 0 Å². The summed E-state index contributed by atoms with van der Waals surface area (Å²) < 4.78 is 49.0. The van der Waals surface area contributed by atoms with Gasteiger partial charge in [0.2, 0.25) is 5.91 Å². The third-order valence-electron chi connectivity index (χ3n) is 5.19. The van der Waals surface area contributed by atoms with Crippen LogP contribution in [0.2, 0.25) is 0 Å². The van der Waals surface area contributed by atoms with Crippen molar-refractivity contribution in [2.75, 3.05) is 19.7 Å². The number of halogens is 3. The number of carboxylic acid groups (broad SMARTS) is 1. The lowest BCUT2D eigenvalue weighted by Gasteiger charge is -2.23. The minimum absolute atomic E-state index is 0.0575. The lowest BCUT2D eigenvalue weighted by Crippen LogP contribution is -2.36. The predicted molar refractivity (Wildman–Crippen MR) is 103 cm³/mol. The number of carboxylic acids is 1. The fourth-order valence-electron chi connectivity index (χ4n) is 3.61. The summed E-state index contributed by atoms with van der Waals surface area (Å²) in [5, 5.41) is 7.12. The number of aromatic nitrogens is 1. The summed E-state index contributed by atoms with van der Waals surface area (Å²) in [5.41, 5.74) is 0.665. The van der Waals surface area contributed by atoms with Crippen LogP contribution in [0.25, 0.3) is 0 Å². The SMILES string of the molecule is O=C(Cc1ccco1)N1CC[C@]2(C[C@H](OCc3ccccn3)CO2)C1.O=C(O)C(F)(F)F. The van der Waals surface area contributed by atoms with E-state index < -0.39 is 12.1 Å². The topological polar surface area (TPSA) is 102 Å². The highest BCUT2D eigenvalue weighted by atomic mass is 19.4. The Hall–Kier alpha value is -2.92. The molecule has 2 saturated heterocycles. The molecular weight excluding hydrogens is 433 g/mol. The molecule has 1 spiro atoms. The summed E-state index contributed by atoms with van der Waals surface area (Å²) in [6.07, 6.45) is 0.331. The number of hydrogen-bond acceptors (Lipinski definition) is 6. The molecule has 2 aliphatic rings. The van der Waals surface area contributed by atoms with Gasteiger partial charge < -0.3 is 23.9 Å². The number of nitrogens with zero attached hydrogens (tertiary/aromatic N) is 2. The van der Waals surface area contributed by atoms with Crippen LogP contribution in [0.4, 0.5) is 13.2 Å². The second-order valence-corrected chi connectivity index (χ2v) is 7.58. The van der Waals surface area contributed by atoms with Crippen molar-refractivity contribution in [3.05, 3.63) is 54.2 Å². The summed E-state index contributed by atoms with van der Waals surface area (Å²) in [7, 11) is 0. The number of carbonyl (C=O) groups excluding carboxylic acids is 1. The Bertz CT molecular complexity index is 891. The van der Waals surface area contributed by atoms with Gasteiger partial charge in [0.15, 0.2) is 0 Å². The van der Waals surface area contributed by atoms with Crippen molar-refractivity contribution < 1.29 is 41.8 Å². The number of amides is 1. The molecular formula is C21H23F3N2O6. The van der Waals surface area contributed by atoms with Gasteiger partial charge in [-0.1, -0.05) is 6.07 Å². The molecule has 0 aliphatic carbocycles. The van der Waals surface area contributed by atoms with Crippen LogP contribution < -0.4 is 0 Å². The highest BCUT2D eigenvalue weighted by Crippen LogP contribution is 2.36. The molecule has 2 atom stereocenters. The molecule has 2 aromatic heterocycles. The number of likely N-dealkylation sites (tertiary alicyclic amines) is 1. The number of rotatable bonds is 5. The fraction of sp³-hybridized carbons (Fsp3) is 0.476. The molecule has 1 N–H and O–H groups in total. The van der Waals surface area contributed by atoms with E-state index in [1.165, 1.54) is 0 Å².